The van der Waals surface area contributed by atoms with E-state index < -0.39 is 5.97 Å². The maximum atomic E-state index is 10.9. The Morgan fingerprint density at radius 3 is 2.89 bits per heavy atom. The van der Waals surface area contributed by atoms with E-state index in [4.69, 9.17) is 16.7 Å². The second kappa shape index (κ2) is 4.94. The molecule has 0 saturated heterocycles. The van der Waals surface area contributed by atoms with Gasteiger partial charge in [0.25, 0.3) is 0 Å². The van der Waals surface area contributed by atoms with Crippen molar-refractivity contribution in [3.8, 4) is 0 Å². The average Bonchev–Trinajstić information content (AvgIpc) is 2.54. The van der Waals surface area contributed by atoms with Crippen LogP contribution in [0.5, 0.6) is 0 Å². The van der Waals surface area contributed by atoms with Crippen molar-refractivity contribution in [1.29, 1.82) is 0 Å². The van der Waals surface area contributed by atoms with E-state index in [9.17, 15) is 4.79 Å². The van der Waals surface area contributed by atoms with Crippen LogP contribution in [0.25, 0.3) is 11.2 Å². The van der Waals surface area contributed by atoms with Crippen LogP contribution in [-0.2, 0) is 17.8 Å². The molecule has 2 aromatic rings. The van der Waals surface area contributed by atoms with E-state index in [0.717, 1.165) is 5.82 Å². The highest BCUT2D eigenvalue weighted by Crippen LogP contribution is 2.19. The van der Waals surface area contributed by atoms with Gasteiger partial charge >= 0.3 is 5.97 Å². The molecule has 0 fully saturated rings. The molecule has 18 heavy (non-hydrogen) atoms. The van der Waals surface area contributed by atoms with Gasteiger partial charge in [-0.15, -0.1) is 0 Å². The Kier molecular flexibility index (Phi) is 3.52. The zero-order chi connectivity index (χ0) is 13.3. The van der Waals surface area contributed by atoms with Crippen LogP contribution in [0.2, 0.25) is 5.02 Å². The first kappa shape index (κ1) is 12.8. The van der Waals surface area contributed by atoms with Crippen molar-refractivity contribution in [3.63, 3.8) is 0 Å². The maximum Gasteiger partial charge on any atom is 0.323 e. The van der Waals surface area contributed by atoms with Gasteiger partial charge in [0.1, 0.15) is 17.9 Å². The molecular formula is C12H14ClN3O2. The molecule has 0 unspecified atom stereocenters. The van der Waals surface area contributed by atoms with Crippen LogP contribution in [0.4, 0.5) is 0 Å². The van der Waals surface area contributed by atoms with E-state index in [0.29, 0.717) is 28.5 Å². The molecule has 5 nitrogen and oxygen atoms in total. The van der Waals surface area contributed by atoms with E-state index in [2.05, 4.69) is 23.8 Å². The fourth-order valence-corrected chi connectivity index (χ4v) is 2.01. The summed E-state index contributed by atoms with van der Waals surface area (Å²) in [5, 5.41) is 9.45. The van der Waals surface area contributed by atoms with Crippen LogP contribution in [0, 0.1) is 5.92 Å². The number of hydrogen-bond donors (Lipinski definition) is 1. The lowest BCUT2D eigenvalue weighted by molar-refractivity contribution is -0.137. The summed E-state index contributed by atoms with van der Waals surface area (Å²) >= 11 is 5.86. The molecule has 2 heterocycles. The lowest BCUT2D eigenvalue weighted by Crippen LogP contribution is -2.13. The molecule has 6 heteroatoms. The van der Waals surface area contributed by atoms with E-state index in [1.807, 2.05) is 0 Å². The van der Waals surface area contributed by atoms with E-state index in [-0.39, 0.29) is 6.54 Å². The molecular weight excluding hydrogens is 254 g/mol. The second-order valence-corrected chi connectivity index (χ2v) is 5.04. The first-order valence-electron chi connectivity index (χ1n) is 5.70. The van der Waals surface area contributed by atoms with Crippen molar-refractivity contribution in [1.82, 2.24) is 14.5 Å². The smallest absolute Gasteiger partial charge is 0.323 e. The molecule has 2 aromatic heterocycles. The zero-order valence-corrected chi connectivity index (χ0v) is 11.0. The number of pyridine rings is 1. The predicted octanol–water partition coefficient (Wildman–Crippen LogP) is 2.37. The summed E-state index contributed by atoms with van der Waals surface area (Å²) < 4.78 is 1.63. The molecule has 0 atom stereocenters. The van der Waals surface area contributed by atoms with Gasteiger partial charge in [0.05, 0.1) is 5.02 Å². The molecule has 0 amide bonds. The summed E-state index contributed by atoms with van der Waals surface area (Å²) in [6.45, 7) is 3.99. The fourth-order valence-electron chi connectivity index (χ4n) is 1.86. The number of rotatable bonds is 4. The van der Waals surface area contributed by atoms with Crippen molar-refractivity contribution in [2.75, 3.05) is 0 Å². The van der Waals surface area contributed by atoms with Gasteiger partial charge in [-0.2, -0.15) is 0 Å². The van der Waals surface area contributed by atoms with Crippen molar-refractivity contribution in [3.05, 3.63) is 23.1 Å². The topological polar surface area (TPSA) is 68.0 Å². The van der Waals surface area contributed by atoms with Gasteiger partial charge in [-0.25, -0.2) is 9.97 Å². The highest BCUT2D eigenvalue weighted by molar-refractivity contribution is 6.31. The number of carbonyl (C=O) groups is 1. The summed E-state index contributed by atoms with van der Waals surface area (Å²) in [7, 11) is 0. The first-order chi connectivity index (χ1) is 8.47. The second-order valence-electron chi connectivity index (χ2n) is 4.60. The van der Waals surface area contributed by atoms with E-state index in [1.54, 1.807) is 10.6 Å². The summed E-state index contributed by atoms with van der Waals surface area (Å²) in [6.07, 6.45) is 2.21. The number of carboxylic acid groups (broad SMARTS) is 1. The Balaban J connectivity index is 2.56. The quantitative estimate of drug-likeness (QED) is 0.923. The van der Waals surface area contributed by atoms with Crippen molar-refractivity contribution in [2.45, 2.75) is 26.8 Å². The molecule has 1 N–H and O–H groups in total. The lowest BCUT2D eigenvalue weighted by atomic mass is 10.1. The third-order valence-corrected chi connectivity index (χ3v) is 2.72. The normalized spacial score (nSPS) is 11.3. The Labute approximate surface area is 109 Å². The number of halogens is 1. The van der Waals surface area contributed by atoms with Crippen LogP contribution < -0.4 is 0 Å². The standard InChI is InChI=1S/C12H14ClN3O2/c1-7(2)3-10-15-9-4-8(13)5-14-12(9)16(10)6-11(17)18/h4-5,7H,3,6H2,1-2H3,(H,17,18). The number of aliphatic carboxylic acids is 1. The van der Waals surface area contributed by atoms with Gasteiger partial charge in [0.15, 0.2) is 5.65 Å². The first-order valence-corrected chi connectivity index (χ1v) is 6.07. The van der Waals surface area contributed by atoms with Crippen LogP contribution in [-0.4, -0.2) is 25.6 Å². The van der Waals surface area contributed by atoms with Gasteiger partial charge in [-0.05, 0) is 12.0 Å². The minimum Gasteiger partial charge on any atom is -0.480 e. The SMILES string of the molecule is CC(C)Cc1nc2cc(Cl)cnc2n1CC(=O)O. The average molecular weight is 268 g/mol. The minimum atomic E-state index is -0.906. The van der Waals surface area contributed by atoms with Gasteiger partial charge < -0.3 is 9.67 Å². The Bertz CT molecular complexity index is 592. The molecule has 0 bridgehead atoms. The van der Waals surface area contributed by atoms with E-state index >= 15 is 0 Å². The molecule has 2 rings (SSSR count). The number of fused-ring (bicyclic) bond motifs is 1. The third kappa shape index (κ3) is 2.61. The highest BCUT2D eigenvalue weighted by atomic mass is 35.5. The van der Waals surface area contributed by atoms with Gasteiger partial charge in [0, 0.05) is 12.6 Å². The molecule has 0 aliphatic rings. The molecule has 0 saturated carbocycles. The summed E-state index contributed by atoms with van der Waals surface area (Å²) in [4.78, 5) is 19.5. The molecule has 96 valence electrons. The van der Waals surface area contributed by atoms with Crippen LogP contribution in [0.3, 0.4) is 0 Å². The summed E-state index contributed by atoms with van der Waals surface area (Å²) in [5.74, 6) is 0.220. The van der Waals surface area contributed by atoms with Crippen LogP contribution >= 0.6 is 11.6 Å². The fraction of sp³-hybridized carbons (Fsp3) is 0.417. The predicted molar refractivity (Wildman–Crippen MR) is 68.7 cm³/mol. The number of hydrogen-bond acceptors (Lipinski definition) is 3. The Morgan fingerprint density at radius 1 is 1.56 bits per heavy atom. The molecule has 0 aliphatic carbocycles. The van der Waals surface area contributed by atoms with Crippen LogP contribution in [0.15, 0.2) is 12.3 Å². The van der Waals surface area contributed by atoms with Crippen molar-refractivity contribution < 1.29 is 9.90 Å². The third-order valence-electron chi connectivity index (χ3n) is 2.51. The maximum absolute atomic E-state index is 10.9. The largest absolute Gasteiger partial charge is 0.480 e. The molecule has 0 aliphatic heterocycles. The van der Waals surface area contributed by atoms with Gasteiger partial charge in [0.2, 0.25) is 0 Å². The summed E-state index contributed by atoms with van der Waals surface area (Å²) in [5.41, 5.74) is 1.21. The van der Waals surface area contributed by atoms with Crippen LogP contribution in [0.1, 0.15) is 19.7 Å². The monoisotopic (exact) mass is 267 g/mol. The molecule has 0 radical (unpaired) electrons. The van der Waals surface area contributed by atoms with Gasteiger partial charge in [-0.3, -0.25) is 4.79 Å². The Hall–Kier alpha value is -1.62. The number of nitrogens with zero attached hydrogens (tertiary/aromatic N) is 3. The van der Waals surface area contributed by atoms with Crippen molar-refractivity contribution in [2.24, 2.45) is 5.92 Å². The van der Waals surface area contributed by atoms with Gasteiger partial charge in [-0.1, -0.05) is 25.4 Å². The van der Waals surface area contributed by atoms with E-state index in [1.165, 1.54) is 6.20 Å². The number of carboxylic acids is 1. The number of imidazole rings is 1. The van der Waals surface area contributed by atoms with Crippen molar-refractivity contribution >= 4 is 28.7 Å². The zero-order valence-electron chi connectivity index (χ0n) is 10.2. The summed E-state index contributed by atoms with van der Waals surface area (Å²) in [6, 6.07) is 1.70. The lowest BCUT2D eigenvalue weighted by Gasteiger charge is -2.07. The number of aromatic nitrogens is 3. The molecule has 0 spiro atoms. The molecule has 0 aromatic carbocycles. The highest BCUT2D eigenvalue weighted by Gasteiger charge is 2.15. The Morgan fingerprint density at radius 2 is 2.28 bits per heavy atom. The minimum absolute atomic E-state index is 0.132.